The number of hydrogen-bond acceptors (Lipinski definition) is 1. The average Bonchev–Trinajstić information content (AvgIpc) is 2.89. The molecule has 0 aromatic heterocycles. The van der Waals surface area contributed by atoms with E-state index in [2.05, 4.69) is 36.1 Å². The first-order valence-electron chi connectivity index (χ1n) is 5.63. The SMILES string of the molecule is Cc1ccc(C2CN(C3CC3)C2)cc1. The highest BCUT2D eigenvalue weighted by Gasteiger charge is 2.38. The summed E-state index contributed by atoms with van der Waals surface area (Å²) in [6.07, 6.45) is 2.89. The van der Waals surface area contributed by atoms with Gasteiger partial charge in [-0.05, 0) is 25.3 Å². The summed E-state index contributed by atoms with van der Waals surface area (Å²) < 4.78 is 0. The Balaban J connectivity index is 1.64. The fourth-order valence-electron chi connectivity index (χ4n) is 2.30. The van der Waals surface area contributed by atoms with E-state index in [1.807, 2.05) is 0 Å². The van der Waals surface area contributed by atoms with Gasteiger partial charge in [-0.1, -0.05) is 29.8 Å². The second-order valence-corrected chi connectivity index (χ2v) is 4.79. The molecule has 1 saturated carbocycles. The highest BCUT2D eigenvalue weighted by molar-refractivity contribution is 5.27. The van der Waals surface area contributed by atoms with E-state index in [0.717, 1.165) is 12.0 Å². The van der Waals surface area contributed by atoms with E-state index in [1.54, 1.807) is 0 Å². The van der Waals surface area contributed by atoms with Gasteiger partial charge in [0, 0.05) is 25.0 Å². The number of aryl methyl sites for hydroxylation is 1. The lowest BCUT2D eigenvalue weighted by Crippen LogP contribution is -2.46. The summed E-state index contributed by atoms with van der Waals surface area (Å²) in [6.45, 7) is 4.75. The Morgan fingerprint density at radius 2 is 1.71 bits per heavy atom. The van der Waals surface area contributed by atoms with Gasteiger partial charge in [0.15, 0.2) is 0 Å². The topological polar surface area (TPSA) is 3.24 Å². The highest BCUT2D eigenvalue weighted by Crippen LogP contribution is 2.36. The molecule has 1 saturated heterocycles. The highest BCUT2D eigenvalue weighted by atomic mass is 15.2. The van der Waals surface area contributed by atoms with Crippen molar-refractivity contribution in [3.05, 3.63) is 35.4 Å². The van der Waals surface area contributed by atoms with Gasteiger partial charge in [-0.3, -0.25) is 4.90 Å². The van der Waals surface area contributed by atoms with Crippen LogP contribution in [0.4, 0.5) is 0 Å². The molecule has 2 fully saturated rings. The van der Waals surface area contributed by atoms with Crippen LogP contribution < -0.4 is 0 Å². The molecule has 0 atom stereocenters. The van der Waals surface area contributed by atoms with Crippen LogP contribution in [0.2, 0.25) is 0 Å². The summed E-state index contributed by atoms with van der Waals surface area (Å²) in [5, 5.41) is 0. The van der Waals surface area contributed by atoms with Crippen molar-refractivity contribution in [1.82, 2.24) is 4.90 Å². The maximum Gasteiger partial charge on any atom is 0.00969 e. The monoisotopic (exact) mass is 187 g/mol. The van der Waals surface area contributed by atoms with Gasteiger partial charge < -0.3 is 0 Å². The van der Waals surface area contributed by atoms with E-state index >= 15 is 0 Å². The van der Waals surface area contributed by atoms with E-state index in [0.29, 0.717) is 0 Å². The summed E-state index contributed by atoms with van der Waals surface area (Å²) >= 11 is 0. The van der Waals surface area contributed by atoms with Crippen LogP contribution in [-0.4, -0.2) is 24.0 Å². The third-order valence-corrected chi connectivity index (χ3v) is 3.52. The van der Waals surface area contributed by atoms with Crippen LogP contribution in [0, 0.1) is 6.92 Å². The van der Waals surface area contributed by atoms with Crippen LogP contribution in [0.5, 0.6) is 0 Å². The molecule has 0 amide bonds. The van der Waals surface area contributed by atoms with Gasteiger partial charge in [-0.2, -0.15) is 0 Å². The molecule has 1 heteroatoms. The minimum absolute atomic E-state index is 0.816. The standard InChI is InChI=1S/C13H17N/c1-10-2-4-11(5-3-10)12-8-14(9-12)13-6-7-13/h2-5,12-13H,6-9H2,1H3. The predicted molar refractivity (Wildman–Crippen MR) is 58.5 cm³/mol. The van der Waals surface area contributed by atoms with E-state index in [4.69, 9.17) is 0 Å². The molecule has 0 spiro atoms. The molecule has 1 nitrogen and oxygen atoms in total. The molecule has 1 aromatic rings. The van der Waals surface area contributed by atoms with Crippen LogP contribution in [0.25, 0.3) is 0 Å². The first kappa shape index (κ1) is 8.49. The van der Waals surface area contributed by atoms with Gasteiger partial charge in [0.2, 0.25) is 0 Å². The molecule has 3 rings (SSSR count). The zero-order chi connectivity index (χ0) is 9.54. The average molecular weight is 187 g/mol. The smallest absolute Gasteiger partial charge is 0.00969 e. The molecule has 74 valence electrons. The minimum Gasteiger partial charge on any atom is -0.299 e. The van der Waals surface area contributed by atoms with Gasteiger partial charge in [-0.15, -0.1) is 0 Å². The van der Waals surface area contributed by atoms with Gasteiger partial charge >= 0.3 is 0 Å². The van der Waals surface area contributed by atoms with Crippen molar-refractivity contribution in [3.8, 4) is 0 Å². The second-order valence-electron chi connectivity index (χ2n) is 4.79. The lowest BCUT2D eigenvalue weighted by atomic mass is 9.91. The lowest BCUT2D eigenvalue weighted by Gasteiger charge is -2.39. The number of hydrogen-bond donors (Lipinski definition) is 0. The molecular weight excluding hydrogens is 170 g/mol. The second kappa shape index (κ2) is 3.09. The van der Waals surface area contributed by atoms with Crippen LogP contribution in [0.1, 0.15) is 29.9 Å². The van der Waals surface area contributed by atoms with Gasteiger partial charge in [0.25, 0.3) is 0 Å². The van der Waals surface area contributed by atoms with Crippen LogP contribution >= 0.6 is 0 Å². The van der Waals surface area contributed by atoms with Crippen molar-refractivity contribution >= 4 is 0 Å². The molecule has 0 bridgehead atoms. The maximum absolute atomic E-state index is 2.63. The third-order valence-electron chi connectivity index (χ3n) is 3.52. The number of likely N-dealkylation sites (tertiary alicyclic amines) is 1. The zero-order valence-electron chi connectivity index (χ0n) is 8.74. The number of nitrogens with zero attached hydrogens (tertiary/aromatic N) is 1. The van der Waals surface area contributed by atoms with E-state index < -0.39 is 0 Å². The molecule has 14 heavy (non-hydrogen) atoms. The zero-order valence-corrected chi connectivity index (χ0v) is 8.74. The minimum atomic E-state index is 0.816. The van der Waals surface area contributed by atoms with Crippen molar-refractivity contribution in [2.75, 3.05) is 13.1 Å². The Bertz CT molecular complexity index is 318. The van der Waals surface area contributed by atoms with Crippen molar-refractivity contribution < 1.29 is 0 Å². The number of rotatable bonds is 2. The quantitative estimate of drug-likeness (QED) is 0.687. The van der Waals surface area contributed by atoms with Crippen molar-refractivity contribution in [3.63, 3.8) is 0 Å². The molecule has 0 radical (unpaired) electrons. The van der Waals surface area contributed by atoms with Gasteiger partial charge in [0.05, 0.1) is 0 Å². The van der Waals surface area contributed by atoms with Crippen molar-refractivity contribution in [2.45, 2.75) is 31.7 Å². The Morgan fingerprint density at radius 3 is 2.29 bits per heavy atom. The Labute approximate surface area is 85.7 Å². The van der Waals surface area contributed by atoms with E-state index in [-0.39, 0.29) is 0 Å². The molecule has 1 aromatic carbocycles. The van der Waals surface area contributed by atoms with Crippen molar-refractivity contribution in [1.29, 1.82) is 0 Å². The Morgan fingerprint density at radius 1 is 1.07 bits per heavy atom. The summed E-state index contributed by atoms with van der Waals surface area (Å²) in [4.78, 5) is 2.63. The molecule has 1 aliphatic carbocycles. The Kier molecular flexibility index (Phi) is 1.88. The molecule has 1 aliphatic heterocycles. The fraction of sp³-hybridized carbons (Fsp3) is 0.538. The third kappa shape index (κ3) is 1.46. The first-order chi connectivity index (χ1) is 6.83. The first-order valence-corrected chi connectivity index (χ1v) is 5.63. The number of benzene rings is 1. The van der Waals surface area contributed by atoms with E-state index in [1.165, 1.54) is 37.1 Å². The van der Waals surface area contributed by atoms with E-state index in [9.17, 15) is 0 Å². The summed E-state index contributed by atoms with van der Waals surface area (Å²) in [6, 6.07) is 10.0. The molecular formula is C13H17N. The molecule has 0 unspecified atom stereocenters. The van der Waals surface area contributed by atoms with Crippen molar-refractivity contribution in [2.24, 2.45) is 0 Å². The predicted octanol–water partition coefficient (Wildman–Crippen LogP) is 2.56. The Hall–Kier alpha value is -0.820. The summed E-state index contributed by atoms with van der Waals surface area (Å²) in [5.74, 6) is 0.816. The molecule has 2 aliphatic rings. The summed E-state index contributed by atoms with van der Waals surface area (Å²) in [7, 11) is 0. The normalized spacial score (nSPS) is 23.5. The van der Waals surface area contributed by atoms with Gasteiger partial charge in [-0.25, -0.2) is 0 Å². The lowest BCUT2D eigenvalue weighted by molar-refractivity contribution is 0.139. The molecule has 1 heterocycles. The van der Waals surface area contributed by atoms with Crippen LogP contribution in [0.3, 0.4) is 0 Å². The van der Waals surface area contributed by atoms with Gasteiger partial charge in [0.1, 0.15) is 0 Å². The van der Waals surface area contributed by atoms with Crippen LogP contribution in [0.15, 0.2) is 24.3 Å². The maximum atomic E-state index is 2.63. The fourth-order valence-corrected chi connectivity index (χ4v) is 2.30. The largest absolute Gasteiger partial charge is 0.299 e. The van der Waals surface area contributed by atoms with Crippen LogP contribution in [-0.2, 0) is 0 Å². The summed E-state index contributed by atoms with van der Waals surface area (Å²) in [5.41, 5.74) is 2.90. The molecule has 0 N–H and O–H groups in total.